The summed E-state index contributed by atoms with van der Waals surface area (Å²) < 4.78 is 1.20. The number of nitrogens with zero attached hydrogens (tertiary/aromatic N) is 1. The van der Waals surface area contributed by atoms with Gasteiger partial charge in [-0.15, -0.1) is 11.3 Å². The van der Waals surface area contributed by atoms with Gasteiger partial charge in [-0.05, 0) is 30.4 Å². The molecule has 1 aliphatic rings. The Kier molecular flexibility index (Phi) is 4.29. The number of carboxylic acid groups (broad SMARTS) is 1. The van der Waals surface area contributed by atoms with Crippen LogP contribution in [0, 0.1) is 5.92 Å². The van der Waals surface area contributed by atoms with Gasteiger partial charge in [-0.3, -0.25) is 4.79 Å². The molecular formula is C16H18N2O3S. The van der Waals surface area contributed by atoms with Crippen LogP contribution in [0.1, 0.15) is 17.7 Å². The molecule has 3 rings (SSSR count). The molecule has 1 aromatic heterocycles. The Morgan fingerprint density at radius 2 is 2.18 bits per heavy atom. The number of carbonyl (C=O) groups is 2. The van der Waals surface area contributed by atoms with Crippen LogP contribution < -0.4 is 5.32 Å². The second-order valence-corrected chi connectivity index (χ2v) is 6.70. The highest BCUT2D eigenvalue weighted by molar-refractivity contribution is 7.19. The van der Waals surface area contributed by atoms with Crippen LogP contribution >= 0.6 is 11.3 Å². The minimum Gasteiger partial charge on any atom is -0.481 e. The van der Waals surface area contributed by atoms with Crippen molar-refractivity contribution in [2.24, 2.45) is 5.92 Å². The maximum atomic E-state index is 12.2. The van der Waals surface area contributed by atoms with Crippen LogP contribution in [0.25, 0.3) is 10.1 Å². The van der Waals surface area contributed by atoms with E-state index < -0.39 is 11.9 Å². The van der Waals surface area contributed by atoms with E-state index in [9.17, 15) is 9.59 Å². The van der Waals surface area contributed by atoms with Crippen molar-refractivity contribution in [3.05, 3.63) is 35.2 Å². The third-order valence-corrected chi connectivity index (χ3v) is 5.06. The molecular weight excluding hydrogens is 300 g/mol. The van der Waals surface area contributed by atoms with Crippen molar-refractivity contribution in [3.8, 4) is 0 Å². The van der Waals surface area contributed by atoms with Crippen molar-refractivity contribution in [1.29, 1.82) is 0 Å². The van der Waals surface area contributed by atoms with Gasteiger partial charge in [0.05, 0.1) is 12.5 Å². The van der Waals surface area contributed by atoms with Gasteiger partial charge in [0, 0.05) is 22.7 Å². The summed E-state index contributed by atoms with van der Waals surface area (Å²) in [6.07, 6.45) is 1.39. The fourth-order valence-electron chi connectivity index (χ4n) is 2.76. The van der Waals surface area contributed by atoms with Gasteiger partial charge >= 0.3 is 12.0 Å². The number of amides is 2. The highest BCUT2D eigenvalue weighted by Crippen LogP contribution is 2.25. The van der Waals surface area contributed by atoms with E-state index in [1.54, 1.807) is 16.2 Å². The predicted molar refractivity (Wildman–Crippen MR) is 86.0 cm³/mol. The molecule has 1 aromatic carbocycles. The number of carbonyl (C=O) groups excluding carboxylic acids is 1. The molecule has 0 bridgehead atoms. The maximum Gasteiger partial charge on any atom is 0.317 e. The van der Waals surface area contributed by atoms with Crippen LogP contribution in [0.15, 0.2) is 30.3 Å². The summed E-state index contributed by atoms with van der Waals surface area (Å²) in [5, 5.41) is 13.1. The molecule has 116 valence electrons. The van der Waals surface area contributed by atoms with E-state index in [4.69, 9.17) is 5.11 Å². The van der Waals surface area contributed by atoms with Gasteiger partial charge in [0.2, 0.25) is 0 Å². The summed E-state index contributed by atoms with van der Waals surface area (Å²) in [4.78, 5) is 25.9. The molecule has 1 aliphatic heterocycles. The Labute approximate surface area is 132 Å². The molecule has 1 fully saturated rings. The first kappa shape index (κ1) is 14.8. The molecule has 1 atom stereocenters. The molecule has 2 aromatic rings. The average molecular weight is 318 g/mol. The van der Waals surface area contributed by atoms with Crippen molar-refractivity contribution in [3.63, 3.8) is 0 Å². The fraction of sp³-hybridized carbons (Fsp3) is 0.375. The van der Waals surface area contributed by atoms with E-state index >= 15 is 0 Å². The number of carboxylic acids is 1. The largest absolute Gasteiger partial charge is 0.481 e. The van der Waals surface area contributed by atoms with E-state index in [2.05, 4.69) is 23.5 Å². The first-order valence-corrected chi connectivity index (χ1v) is 8.18. The van der Waals surface area contributed by atoms with Crippen molar-refractivity contribution < 1.29 is 14.7 Å². The Hall–Kier alpha value is -2.08. The van der Waals surface area contributed by atoms with Crippen molar-refractivity contribution in [2.45, 2.75) is 19.4 Å². The van der Waals surface area contributed by atoms with Gasteiger partial charge in [-0.2, -0.15) is 0 Å². The number of nitrogens with one attached hydrogen (secondary N) is 1. The van der Waals surface area contributed by atoms with E-state index in [-0.39, 0.29) is 6.03 Å². The quantitative estimate of drug-likeness (QED) is 0.914. The van der Waals surface area contributed by atoms with Crippen molar-refractivity contribution >= 4 is 33.4 Å². The van der Waals surface area contributed by atoms with Crippen molar-refractivity contribution in [1.82, 2.24) is 10.2 Å². The van der Waals surface area contributed by atoms with E-state index in [0.717, 1.165) is 11.3 Å². The number of thiophene rings is 1. The molecule has 2 heterocycles. The average Bonchev–Trinajstić information content (AvgIpc) is 2.95. The molecule has 0 saturated carbocycles. The number of aliphatic carboxylic acids is 1. The summed E-state index contributed by atoms with van der Waals surface area (Å²) in [6.45, 7) is 1.40. The predicted octanol–water partition coefficient (Wildman–Crippen LogP) is 2.91. The van der Waals surface area contributed by atoms with Crippen LogP contribution in [-0.2, 0) is 11.3 Å². The topological polar surface area (TPSA) is 69.6 Å². The lowest BCUT2D eigenvalue weighted by atomic mass is 9.99. The molecule has 1 unspecified atom stereocenters. The Morgan fingerprint density at radius 1 is 1.36 bits per heavy atom. The lowest BCUT2D eigenvalue weighted by Gasteiger charge is -2.30. The van der Waals surface area contributed by atoms with E-state index in [0.29, 0.717) is 26.1 Å². The lowest BCUT2D eigenvalue weighted by Crippen LogP contribution is -2.46. The number of fused-ring (bicyclic) bond motifs is 1. The van der Waals surface area contributed by atoms with Gasteiger partial charge < -0.3 is 15.3 Å². The van der Waals surface area contributed by atoms with Crippen LogP contribution in [0.5, 0.6) is 0 Å². The van der Waals surface area contributed by atoms with E-state index in [1.807, 2.05) is 12.1 Å². The second kappa shape index (κ2) is 6.36. The van der Waals surface area contributed by atoms with Gasteiger partial charge in [-0.1, -0.05) is 18.2 Å². The highest BCUT2D eigenvalue weighted by atomic mass is 32.1. The molecule has 0 spiro atoms. The van der Waals surface area contributed by atoms with Crippen LogP contribution in [0.3, 0.4) is 0 Å². The molecule has 1 saturated heterocycles. The number of hydrogen-bond acceptors (Lipinski definition) is 3. The summed E-state index contributed by atoms with van der Waals surface area (Å²) >= 11 is 1.66. The molecule has 2 amide bonds. The van der Waals surface area contributed by atoms with Gasteiger partial charge in [0.1, 0.15) is 0 Å². The molecule has 6 heteroatoms. The fourth-order valence-corrected chi connectivity index (χ4v) is 3.77. The first-order chi connectivity index (χ1) is 10.6. The molecule has 0 radical (unpaired) electrons. The zero-order valence-electron chi connectivity index (χ0n) is 12.1. The van der Waals surface area contributed by atoms with Gasteiger partial charge in [-0.25, -0.2) is 4.79 Å². The van der Waals surface area contributed by atoms with Crippen LogP contribution in [0.2, 0.25) is 0 Å². The summed E-state index contributed by atoms with van der Waals surface area (Å²) in [7, 11) is 0. The Balaban J connectivity index is 1.58. The third-order valence-electron chi connectivity index (χ3n) is 3.95. The zero-order valence-corrected chi connectivity index (χ0v) is 12.9. The Morgan fingerprint density at radius 3 is 2.95 bits per heavy atom. The minimum atomic E-state index is -0.818. The maximum absolute atomic E-state index is 12.2. The smallest absolute Gasteiger partial charge is 0.317 e. The third kappa shape index (κ3) is 3.22. The monoisotopic (exact) mass is 318 g/mol. The zero-order chi connectivity index (χ0) is 15.5. The lowest BCUT2D eigenvalue weighted by molar-refractivity contribution is -0.143. The second-order valence-electron chi connectivity index (χ2n) is 5.53. The molecule has 22 heavy (non-hydrogen) atoms. The minimum absolute atomic E-state index is 0.177. The summed E-state index contributed by atoms with van der Waals surface area (Å²) in [6, 6.07) is 10.0. The van der Waals surface area contributed by atoms with Crippen LogP contribution in [0.4, 0.5) is 4.79 Å². The standard InChI is InChI=1S/C16H18N2O3S/c19-15(20)12-5-3-7-18(10-12)16(21)17-9-13-8-11-4-1-2-6-14(11)22-13/h1-2,4,6,8,12H,3,5,7,9-10H2,(H,17,21)(H,19,20). The number of benzene rings is 1. The highest BCUT2D eigenvalue weighted by Gasteiger charge is 2.27. The first-order valence-electron chi connectivity index (χ1n) is 7.36. The SMILES string of the molecule is O=C(O)C1CCCN(C(=O)NCc2cc3ccccc3s2)C1. The van der Waals surface area contributed by atoms with Gasteiger partial charge in [0.15, 0.2) is 0 Å². The molecule has 2 N–H and O–H groups in total. The number of piperidine rings is 1. The number of rotatable bonds is 3. The number of hydrogen-bond donors (Lipinski definition) is 2. The summed E-state index contributed by atoms with van der Waals surface area (Å²) in [5.41, 5.74) is 0. The van der Waals surface area contributed by atoms with E-state index in [1.165, 1.54) is 10.1 Å². The number of likely N-dealkylation sites (tertiary alicyclic amines) is 1. The van der Waals surface area contributed by atoms with Gasteiger partial charge in [0.25, 0.3) is 0 Å². The Bertz CT molecular complexity index is 665. The molecule has 0 aliphatic carbocycles. The number of urea groups is 1. The molecule has 5 nitrogen and oxygen atoms in total. The normalized spacial score (nSPS) is 18.4. The van der Waals surface area contributed by atoms with Crippen molar-refractivity contribution in [2.75, 3.05) is 13.1 Å². The van der Waals surface area contributed by atoms with Crippen LogP contribution in [-0.4, -0.2) is 35.1 Å². The summed E-state index contributed by atoms with van der Waals surface area (Å²) in [5.74, 6) is -1.26.